The summed E-state index contributed by atoms with van der Waals surface area (Å²) in [4.78, 5) is 0.944. The van der Waals surface area contributed by atoms with E-state index >= 15 is 0 Å². The van der Waals surface area contributed by atoms with E-state index in [0.717, 1.165) is 4.88 Å². The van der Waals surface area contributed by atoms with Gasteiger partial charge in [0.25, 0.3) is 0 Å². The number of hydrogen-bond acceptors (Lipinski definition) is 3. The van der Waals surface area contributed by atoms with Crippen LogP contribution < -0.4 is 5.73 Å². The number of phenolic OH excluding ortho intramolecular Hbond substituents is 1. The van der Waals surface area contributed by atoms with Crippen LogP contribution in [0.5, 0.6) is 5.75 Å². The summed E-state index contributed by atoms with van der Waals surface area (Å²) in [5, 5.41) is 12.5. The molecule has 0 amide bonds. The summed E-state index contributed by atoms with van der Waals surface area (Å²) in [7, 11) is 0. The summed E-state index contributed by atoms with van der Waals surface area (Å²) in [6.07, 6.45) is 0. The fraction of sp³-hybridized carbons (Fsp3) is 0.0909. The molecule has 0 unspecified atom stereocenters. The molecular weight excluding hydrogens is 265 g/mol. The van der Waals surface area contributed by atoms with Gasteiger partial charge in [0.1, 0.15) is 5.75 Å². The van der Waals surface area contributed by atoms with Crippen molar-refractivity contribution in [1.29, 1.82) is 0 Å². The van der Waals surface area contributed by atoms with Crippen LogP contribution in [0.1, 0.15) is 16.5 Å². The van der Waals surface area contributed by atoms with Gasteiger partial charge in [0.15, 0.2) is 0 Å². The highest BCUT2D eigenvalue weighted by molar-refractivity contribution is 7.10. The van der Waals surface area contributed by atoms with Crippen molar-refractivity contribution in [1.82, 2.24) is 0 Å². The molecule has 2 nitrogen and oxygen atoms in total. The minimum absolute atomic E-state index is 0.0263. The van der Waals surface area contributed by atoms with Crippen LogP contribution >= 0.6 is 34.5 Å². The molecule has 2 rings (SSSR count). The van der Waals surface area contributed by atoms with Crippen molar-refractivity contribution < 1.29 is 5.11 Å². The second-order valence-electron chi connectivity index (χ2n) is 3.31. The summed E-state index contributed by atoms with van der Waals surface area (Å²) in [6.45, 7) is 0. The molecule has 3 N–H and O–H groups in total. The number of nitrogens with two attached hydrogens (primary N) is 1. The SMILES string of the molecule is N[C@H](c1cccs1)c1c(O)cc(Cl)cc1Cl. The highest BCUT2D eigenvalue weighted by Gasteiger charge is 2.18. The molecule has 0 aliphatic rings. The van der Waals surface area contributed by atoms with Crippen molar-refractivity contribution in [2.24, 2.45) is 5.73 Å². The number of thiophene rings is 1. The number of benzene rings is 1. The Morgan fingerprint density at radius 2 is 2.06 bits per heavy atom. The summed E-state index contributed by atoms with van der Waals surface area (Å²) in [6, 6.07) is 6.40. The monoisotopic (exact) mass is 273 g/mol. The summed E-state index contributed by atoms with van der Waals surface area (Å²) >= 11 is 13.3. The zero-order valence-electron chi connectivity index (χ0n) is 8.15. The molecule has 0 radical (unpaired) electrons. The van der Waals surface area contributed by atoms with Crippen LogP contribution in [0.4, 0.5) is 0 Å². The molecule has 16 heavy (non-hydrogen) atoms. The number of hydrogen-bond donors (Lipinski definition) is 2. The lowest BCUT2D eigenvalue weighted by molar-refractivity contribution is 0.465. The van der Waals surface area contributed by atoms with E-state index in [0.29, 0.717) is 15.6 Å². The highest BCUT2D eigenvalue weighted by Crippen LogP contribution is 2.37. The Hall–Kier alpha value is -0.740. The largest absolute Gasteiger partial charge is 0.507 e. The maximum Gasteiger partial charge on any atom is 0.123 e. The number of aromatic hydroxyl groups is 1. The lowest BCUT2D eigenvalue weighted by Crippen LogP contribution is -2.11. The van der Waals surface area contributed by atoms with Gasteiger partial charge in [0.05, 0.1) is 11.1 Å². The van der Waals surface area contributed by atoms with Gasteiger partial charge in [0, 0.05) is 15.5 Å². The minimum atomic E-state index is -0.426. The van der Waals surface area contributed by atoms with E-state index in [1.807, 2.05) is 17.5 Å². The molecule has 1 heterocycles. The molecule has 0 fully saturated rings. The summed E-state index contributed by atoms with van der Waals surface area (Å²) in [5.41, 5.74) is 6.54. The van der Waals surface area contributed by atoms with Gasteiger partial charge < -0.3 is 10.8 Å². The Morgan fingerprint density at radius 1 is 1.31 bits per heavy atom. The van der Waals surface area contributed by atoms with E-state index in [9.17, 15) is 5.11 Å². The van der Waals surface area contributed by atoms with Crippen LogP contribution in [0, 0.1) is 0 Å². The molecule has 84 valence electrons. The van der Waals surface area contributed by atoms with Gasteiger partial charge in [-0.15, -0.1) is 11.3 Å². The van der Waals surface area contributed by atoms with Gasteiger partial charge in [-0.2, -0.15) is 0 Å². The van der Waals surface area contributed by atoms with Crippen LogP contribution in [-0.2, 0) is 0 Å². The molecule has 0 aliphatic carbocycles. The van der Waals surface area contributed by atoms with E-state index in [1.54, 1.807) is 6.07 Å². The fourth-order valence-corrected chi connectivity index (χ4v) is 2.83. The molecule has 1 aromatic heterocycles. The van der Waals surface area contributed by atoms with E-state index in [1.165, 1.54) is 17.4 Å². The van der Waals surface area contributed by atoms with E-state index < -0.39 is 6.04 Å². The zero-order valence-corrected chi connectivity index (χ0v) is 10.5. The average Bonchev–Trinajstić information content (AvgIpc) is 2.67. The quantitative estimate of drug-likeness (QED) is 0.874. The number of phenols is 1. The normalized spacial score (nSPS) is 12.7. The van der Waals surface area contributed by atoms with Crippen molar-refractivity contribution in [2.75, 3.05) is 0 Å². The lowest BCUT2D eigenvalue weighted by Gasteiger charge is -2.14. The molecule has 1 atom stereocenters. The van der Waals surface area contributed by atoms with Gasteiger partial charge in [0.2, 0.25) is 0 Å². The first kappa shape index (κ1) is 11.7. The first-order chi connectivity index (χ1) is 7.59. The second-order valence-corrected chi connectivity index (χ2v) is 5.14. The molecular formula is C11H9Cl2NOS. The fourth-order valence-electron chi connectivity index (χ4n) is 1.49. The predicted octanol–water partition coefficient (Wildman–Crippen LogP) is 3.81. The third kappa shape index (κ3) is 2.18. The molecule has 0 saturated carbocycles. The minimum Gasteiger partial charge on any atom is -0.507 e. The number of rotatable bonds is 2. The van der Waals surface area contributed by atoms with E-state index in [-0.39, 0.29) is 5.75 Å². The van der Waals surface area contributed by atoms with Crippen LogP contribution in [-0.4, -0.2) is 5.11 Å². The standard InChI is InChI=1S/C11H9Cl2NOS/c12-6-4-7(13)10(8(15)5-6)11(14)9-2-1-3-16-9/h1-5,11,15H,14H2/t11-/m1/s1. The molecule has 0 saturated heterocycles. The molecule has 5 heteroatoms. The predicted molar refractivity (Wildman–Crippen MR) is 68.5 cm³/mol. The van der Waals surface area contributed by atoms with Crippen molar-refractivity contribution in [3.05, 3.63) is 50.1 Å². The maximum absolute atomic E-state index is 9.80. The summed E-state index contributed by atoms with van der Waals surface area (Å²) < 4.78 is 0. The molecule has 2 aromatic rings. The first-order valence-electron chi connectivity index (χ1n) is 4.56. The topological polar surface area (TPSA) is 46.2 Å². The smallest absolute Gasteiger partial charge is 0.123 e. The van der Waals surface area contributed by atoms with Crippen molar-refractivity contribution in [2.45, 2.75) is 6.04 Å². The Bertz CT molecular complexity index is 476. The van der Waals surface area contributed by atoms with Gasteiger partial charge >= 0.3 is 0 Å². The van der Waals surface area contributed by atoms with Gasteiger partial charge in [-0.3, -0.25) is 0 Å². The Balaban J connectivity index is 2.48. The van der Waals surface area contributed by atoms with E-state index in [2.05, 4.69) is 0 Å². The third-order valence-electron chi connectivity index (χ3n) is 2.23. The summed E-state index contributed by atoms with van der Waals surface area (Å²) in [5.74, 6) is 0.0263. The lowest BCUT2D eigenvalue weighted by atomic mass is 10.1. The molecule has 0 aliphatic heterocycles. The van der Waals surface area contributed by atoms with Gasteiger partial charge in [-0.1, -0.05) is 29.3 Å². The van der Waals surface area contributed by atoms with Crippen LogP contribution in [0.2, 0.25) is 10.0 Å². The Morgan fingerprint density at radius 3 is 2.62 bits per heavy atom. The third-order valence-corrected chi connectivity index (χ3v) is 3.72. The van der Waals surface area contributed by atoms with Gasteiger partial charge in [-0.25, -0.2) is 0 Å². The maximum atomic E-state index is 9.80. The van der Waals surface area contributed by atoms with Crippen molar-refractivity contribution >= 4 is 34.5 Å². The number of halogens is 2. The molecule has 0 bridgehead atoms. The van der Waals surface area contributed by atoms with E-state index in [4.69, 9.17) is 28.9 Å². The van der Waals surface area contributed by atoms with Crippen molar-refractivity contribution in [3.8, 4) is 5.75 Å². The molecule has 0 spiro atoms. The Labute approximate surface area is 107 Å². The molecule has 1 aromatic carbocycles. The average molecular weight is 274 g/mol. The second kappa shape index (κ2) is 4.63. The van der Waals surface area contributed by atoms with Gasteiger partial charge in [-0.05, 0) is 23.6 Å². The van der Waals surface area contributed by atoms with Crippen LogP contribution in [0.25, 0.3) is 0 Å². The van der Waals surface area contributed by atoms with Crippen LogP contribution in [0.15, 0.2) is 29.6 Å². The highest BCUT2D eigenvalue weighted by atomic mass is 35.5. The zero-order chi connectivity index (χ0) is 11.7. The van der Waals surface area contributed by atoms with Crippen LogP contribution in [0.3, 0.4) is 0 Å². The van der Waals surface area contributed by atoms with Crippen molar-refractivity contribution in [3.63, 3.8) is 0 Å². The Kier molecular flexibility index (Phi) is 3.40. The first-order valence-corrected chi connectivity index (χ1v) is 6.20.